The van der Waals surface area contributed by atoms with Crippen molar-refractivity contribution in [3.63, 3.8) is 0 Å². The number of hydrogen-bond acceptors (Lipinski definition) is 5. The second kappa shape index (κ2) is 6.76. The number of hydrogen-bond donors (Lipinski definition) is 2. The Morgan fingerprint density at radius 1 is 1.39 bits per heavy atom. The van der Waals surface area contributed by atoms with Crippen LogP contribution in [-0.4, -0.2) is 38.3 Å². The molecule has 0 amide bonds. The van der Waals surface area contributed by atoms with Crippen LogP contribution >= 0.6 is 0 Å². The van der Waals surface area contributed by atoms with E-state index in [2.05, 4.69) is 15.3 Å². The number of aliphatic hydroxyl groups excluding tert-OH is 1. The lowest BCUT2D eigenvalue weighted by molar-refractivity contribution is 0.123. The van der Waals surface area contributed by atoms with Gasteiger partial charge in [-0.2, -0.15) is 0 Å². The Bertz CT molecular complexity index is 750. The van der Waals surface area contributed by atoms with Crippen molar-refractivity contribution in [2.75, 3.05) is 6.54 Å². The summed E-state index contributed by atoms with van der Waals surface area (Å²) in [7, 11) is 0. The SMILES string of the molecule is Cc1cc(C)c2ncn(CC(O)CC3CCCCN3)c(=O)c2n1. The van der Waals surface area contributed by atoms with E-state index in [9.17, 15) is 9.90 Å². The molecule has 1 aliphatic rings. The van der Waals surface area contributed by atoms with Gasteiger partial charge in [-0.1, -0.05) is 6.42 Å². The van der Waals surface area contributed by atoms with Crippen LogP contribution in [0.15, 0.2) is 17.2 Å². The van der Waals surface area contributed by atoms with Crippen molar-refractivity contribution in [3.05, 3.63) is 34.0 Å². The highest BCUT2D eigenvalue weighted by atomic mass is 16.3. The van der Waals surface area contributed by atoms with Gasteiger partial charge < -0.3 is 10.4 Å². The Hall–Kier alpha value is -1.79. The maximum absolute atomic E-state index is 12.6. The van der Waals surface area contributed by atoms with Gasteiger partial charge in [0.2, 0.25) is 0 Å². The molecule has 1 saturated heterocycles. The van der Waals surface area contributed by atoms with Crippen LogP contribution < -0.4 is 10.9 Å². The second-order valence-corrected chi connectivity index (χ2v) is 6.52. The van der Waals surface area contributed by atoms with Crippen LogP contribution in [0.3, 0.4) is 0 Å². The van der Waals surface area contributed by atoms with Gasteiger partial charge in [0.1, 0.15) is 0 Å². The summed E-state index contributed by atoms with van der Waals surface area (Å²) in [5.41, 5.74) is 2.59. The zero-order valence-electron chi connectivity index (χ0n) is 13.7. The second-order valence-electron chi connectivity index (χ2n) is 6.52. The largest absolute Gasteiger partial charge is 0.391 e. The average molecular weight is 316 g/mol. The average Bonchev–Trinajstić information content (AvgIpc) is 2.51. The smallest absolute Gasteiger partial charge is 0.279 e. The third-order valence-electron chi connectivity index (χ3n) is 4.48. The summed E-state index contributed by atoms with van der Waals surface area (Å²) < 4.78 is 1.47. The van der Waals surface area contributed by atoms with Gasteiger partial charge in [0.25, 0.3) is 5.56 Å². The van der Waals surface area contributed by atoms with Gasteiger partial charge in [-0.05, 0) is 51.3 Å². The first-order valence-electron chi connectivity index (χ1n) is 8.29. The molecule has 124 valence electrons. The van der Waals surface area contributed by atoms with E-state index in [1.165, 1.54) is 23.7 Å². The first-order valence-corrected chi connectivity index (χ1v) is 8.29. The van der Waals surface area contributed by atoms with E-state index < -0.39 is 6.10 Å². The van der Waals surface area contributed by atoms with E-state index in [1.54, 1.807) is 0 Å². The fraction of sp³-hybridized carbons (Fsp3) is 0.588. The quantitative estimate of drug-likeness (QED) is 0.889. The molecule has 3 heterocycles. The number of piperidine rings is 1. The van der Waals surface area contributed by atoms with Crippen LogP contribution in [0, 0.1) is 13.8 Å². The maximum atomic E-state index is 12.6. The molecule has 6 nitrogen and oxygen atoms in total. The van der Waals surface area contributed by atoms with Crippen LogP contribution in [0.5, 0.6) is 0 Å². The van der Waals surface area contributed by atoms with Crippen molar-refractivity contribution >= 4 is 11.0 Å². The van der Waals surface area contributed by atoms with Crippen molar-refractivity contribution < 1.29 is 5.11 Å². The summed E-state index contributed by atoms with van der Waals surface area (Å²) in [6.45, 7) is 5.07. The van der Waals surface area contributed by atoms with Gasteiger partial charge in [0.05, 0.1) is 24.5 Å². The molecule has 23 heavy (non-hydrogen) atoms. The minimum absolute atomic E-state index is 0.183. The molecule has 0 saturated carbocycles. The lowest BCUT2D eigenvalue weighted by Crippen LogP contribution is -2.38. The highest BCUT2D eigenvalue weighted by Gasteiger charge is 2.18. The zero-order valence-corrected chi connectivity index (χ0v) is 13.7. The lowest BCUT2D eigenvalue weighted by Gasteiger charge is -2.25. The molecule has 2 atom stereocenters. The molecule has 0 radical (unpaired) electrons. The third-order valence-corrected chi connectivity index (χ3v) is 4.48. The zero-order chi connectivity index (χ0) is 16.4. The summed E-state index contributed by atoms with van der Waals surface area (Å²) in [5, 5.41) is 13.7. The summed E-state index contributed by atoms with van der Waals surface area (Å²) in [6, 6.07) is 2.26. The first-order chi connectivity index (χ1) is 11.0. The van der Waals surface area contributed by atoms with Crippen molar-refractivity contribution in [3.8, 4) is 0 Å². The summed E-state index contributed by atoms with van der Waals surface area (Å²) in [5.74, 6) is 0. The molecule has 6 heteroatoms. The molecular formula is C17H24N4O2. The highest BCUT2D eigenvalue weighted by molar-refractivity contribution is 5.76. The predicted octanol–water partition coefficient (Wildman–Crippen LogP) is 1.30. The van der Waals surface area contributed by atoms with Crippen molar-refractivity contribution in [2.45, 2.75) is 58.2 Å². The first kappa shape index (κ1) is 16.1. The molecule has 0 spiro atoms. The standard InChI is InChI=1S/C17H24N4O2/c1-11-7-12(2)20-16-15(11)19-10-21(17(16)23)9-14(22)8-13-5-3-4-6-18-13/h7,10,13-14,18,22H,3-6,8-9H2,1-2H3. The number of nitrogens with zero attached hydrogens (tertiary/aromatic N) is 3. The van der Waals surface area contributed by atoms with E-state index in [4.69, 9.17) is 0 Å². The van der Waals surface area contributed by atoms with E-state index in [1.807, 2.05) is 19.9 Å². The molecule has 2 unspecified atom stereocenters. The van der Waals surface area contributed by atoms with Crippen LogP contribution in [0.2, 0.25) is 0 Å². The normalized spacial score (nSPS) is 19.9. The molecule has 1 fully saturated rings. The van der Waals surface area contributed by atoms with Crippen LogP contribution in [-0.2, 0) is 6.54 Å². The van der Waals surface area contributed by atoms with Gasteiger partial charge in [0.15, 0.2) is 5.52 Å². The maximum Gasteiger partial charge on any atom is 0.279 e. The molecule has 0 aromatic carbocycles. The van der Waals surface area contributed by atoms with Crippen molar-refractivity contribution in [2.24, 2.45) is 0 Å². The fourth-order valence-corrected chi connectivity index (χ4v) is 3.34. The van der Waals surface area contributed by atoms with E-state index in [-0.39, 0.29) is 12.1 Å². The molecule has 2 aromatic heterocycles. The number of nitrogens with one attached hydrogen (secondary N) is 1. The monoisotopic (exact) mass is 316 g/mol. The summed E-state index contributed by atoms with van der Waals surface area (Å²) >= 11 is 0. The van der Waals surface area contributed by atoms with Gasteiger partial charge in [-0.3, -0.25) is 9.36 Å². The molecular weight excluding hydrogens is 292 g/mol. The Kier molecular flexibility index (Phi) is 4.73. The molecule has 0 aliphatic carbocycles. The van der Waals surface area contributed by atoms with Crippen LogP contribution in [0.4, 0.5) is 0 Å². The molecule has 2 aromatic rings. The van der Waals surface area contributed by atoms with E-state index in [0.29, 0.717) is 23.5 Å². The van der Waals surface area contributed by atoms with Crippen LogP contribution in [0.1, 0.15) is 36.9 Å². The Labute approximate surface area is 135 Å². The van der Waals surface area contributed by atoms with E-state index >= 15 is 0 Å². The van der Waals surface area contributed by atoms with Crippen molar-refractivity contribution in [1.82, 2.24) is 19.9 Å². The fourth-order valence-electron chi connectivity index (χ4n) is 3.34. The Morgan fingerprint density at radius 3 is 2.96 bits per heavy atom. The highest BCUT2D eigenvalue weighted by Crippen LogP contribution is 2.14. The molecule has 2 N–H and O–H groups in total. The molecule has 3 rings (SSSR count). The number of aromatic nitrogens is 3. The topological polar surface area (TPSA) is 80.0 Å². The summed E-state index contributed by atoms with van der Waals surface area (Å²) in [6.07, 6.45) is 5.10. The lowest BCUT2D eigenvalue weighted by atomic mass is 9.99. The minimum Gasteiger partial charge on any atom is -0.391 e. The molecule has 0 bridgehead atoms. The van der Waals surface area contributed by atoms with Crippen molar-refractivity contribution in [1.29, 1.82) is 0 Å². The number of aryl methyl sites for hydroxylation is 2. The molecule has 1 aliphatic heterocycles. The van der Waals surface area contributed by atoms with Gasteiger partial charge in [-0.15, -0.1) is 0 Å². The van der Waals surface area contributed by atoms with Gasteiger partial charge in [-0.25, -0.2) is 9.97 Å². The Morgan fingerprint density at radius 2 is 2.22 bits per heavy atom. The number of fused-ring (bicyclic) bond motifs is 1. The third kappa shape index (κ3) is 3.59. The van der Waals surface area contributed by atoms with Gasteiger partial charge >= 0.3 is 0 Å². The van der Waals surface area contributed by atoms with Gasteiger partial charge in [0, 0.05) is 11.7 Å². The summed E-state index contributed by atoms with van der Waals surface area (Å²) in [4.78, 5) is 21.3. The van der Waals surface area contributed by atoms with Crippen LogP contribution in [0.25, 0.3) is 11.0 Å². The number of rotatable bonds is 4. The number of aliphatic hydroxyl groups is 1. The van der Waals surface area contributed by atoms with E-state index in [0.717, 1.165) is 24.2 Å². The number of pyridine rings is 1. The minimum atomic E-state index is -0.562. The predicted molar refractivity (Wildman–Crippen MR) is 89.5 cm³/mol. The Balaban J connectivity index is 1.80.